The number of aliphatic hydroxyl groups excluding tert-OH is 1. The Morgan fingerprint density at radius 2 is 1.94 bits per heavy atom. The number of alkyl halides is 3. The van der Waals surface area contributed by atoms with Crippen LogP contribution in [-0.2, 0) is 6.61 Å². The Hall–Kier alpha value is -1.30. The summed E-state index contributed by atoms with van der Waals surface area (Å²) < 4.78 is 49.5. The second kappa shape index (κ2) is 5.35. The molecular weight excluding hydrogens is 238 g/mol. The number of rotatable bonds is 4. The molecule has 0 atom stereocenters. The van der Waals surface area contributed by atoms with Crippen LogP contribution < -0.4 is 4.90 Å². The monoisotopic (exact) mass is 251 g/mol. The lowest BCUT2D eigenvalue weighted by Gasteiger charge is -2.21. The summed E-state index contributed by atoms with van der Waals surface area (Å²) in [5.74, 6) is -0.638. The number of anilines is 1. The number of aliphatic hydroxyl groups is 1. The predicted octanol–water partition coefficient (Wildman–Crippen LogP) is 2.71. The maximum absolute atomic E-state index is 13.5. The Labute approximate surface area is 96.5 Å². The van der Waals surface area contributed by atoms with Gasteiger partial charge in [-0.05, 0) is 17.7 Å². The first-order chi connectivity index (χ1) is 7.83. The Morgan fingerprint density at radius 3 is 2.41 bits per heavy atom. The standard InChI is InChI=1S/C11H13F4NO/c1-16(5-4-11(13,14)15)10-3-2-8(7-17)6-9(10)12/h2-3,6,17H,4-5,7H2,1H3. The number of halogens is 4. The highest BCUT2D eigenvalue weighted by atomic mass is 19.4. The van der Waals surface area contributed by atoms with Crippen LogP contribution in [0.1, 0.15) is 12.0 Å². The number of hydrogen-bond donors (Lipinski definition) is 1. The van der Waals surface area contributed by atoms with Crippen molar-refractivity contribution in [3.63, 3.8) is 0 Å². The zero-order valence-electron chi connectivity index (χ0n) is 9.26. The Kier molecular flexibility index (Phi) is 4.34. The molecular formula is C11H13F4NO. The van der Waals surface area contributed by atoms with Crippen molar-refractivity contribution in [1.82, 2.24) is 0 Å². The van der Waals surface area contributed by atoms with Crippen LogP contribution in [0, 0.1) is 5.82 Å². The summed E-state index contributed by atoms with van der Waals surface area (Å²) in [7, 11) is 1.39. The van der Waals surface area contributed by atoms with Gasteiger partial charge >= 0.3 is 6.18 Å². The molecule has 96 valence electrons. The minimum absolute atomic E-state index is 0.0893. The Morgan fingerprint density at radius 1 is 1.29 bits per heavy atom. The van der Waals surface area contributed by atoms with Gasteiger partial charge in [0.1, 0.15) is 5.82 Å². The quantitative estimate of drug-likeness (QED) is 0.832. The molecule has 0 heterocycles. The number of hydrogen-bond acceptors (Lipinski definition) is 2. The molecule has 6 heteroatoms. The van der Waals surface area contributed by atoms with Crippen molar-refractivity contribution in [2.45, 2.75) is 19.2 Å². The van der Waals surface area contributed by atoms with E-state index in [4.69, 9.17) is 5.11 Å². The van der Waals surface area contributed by atoms with Gasteiger partial charge in [-0.3, -0.25) is 0 Å². The molecule has 1 rings (SSSR count). The maximum Gasteiger partial charge on any atom is 0.390 e. The van der Waals surface area contributed by atoms with E-state index in [2.05, 4.69) is 0 Å². The number of benzene rings is 1. The third kappa shape index (κ3) is 4.22. The first-order valence-corrected chi connectivity index (χ1v) is 5.00. The highest BCUT2D eigenvalue weighted by Crippen LogP contribution is 2.23. The first-order valence-electron chi connectivity index (χ1n) is 5.00. The minimum Gasteiger partial charge on any atom is -0.392 e. The normalized spacial score (nSPS) is 11.6. The second-order valence-corrected chi connectivity index (χ2v) is 3.73. The molecule has 0 spiro atoms. The predicted molar refractivity (Wildman–Crippen MR) is 56.3 cm³/mol. The summed E-state index contributed by atoms with van der Waals surface area (Å²) in [5, 5.41) is 8.77. The fraction of sp³-hybridized carbons (Fsp3) is 0.455. The molecule has 0 saturated carbocycles. The van der Waals surface area contributed by atoms with Crippen molar-refractivity contribution in [2.75, 3.05) is 18.5 Å². The molecule has 0 aliphatic carbocycles. The lowest BCUT2D eigenvalue weighted by atomic mass is 10.2. The molecule has 1 N–H and O–H groups in total. The summed E-state index contributed by atoms with van der Waals surface area (Å²) in [6, 6.07) is 3.94. The van der Waals surface area contributed by atoms with E-state index in [9.17, 15) is 17.6 Å². The van der Waals surface area contributed by atoms with Gasteiger partial charge in [0.25, 0.3) is 0 Å². The van der Waals surface area contributed by atoms with Crippen LogP contribution in [0.25, 0.3) is 0 Å². The van der Waals surface area contributed by atoms with Gasteiger partial charge in [0.15, 0.2) is 0 Å². The van der Waals surface area contributed by atoms with E-state index in [0.717, 1.165) is 6.07 Å². The van der Waals surface area contributed by atoms with E-state index >= 15 is 0 Å². The zero-order chi connectivity index (χ0) is 13.1. The highest BCUT2D eigenvalue weighted by molar-refractivity contribution is 5.48. The molecule has 0 bridgehead atoms. The van der Waals surface area contributed by atoms with Gasteiger partial charge in [0, 0.05) is 13.6 Å². The molecule has 1 aromatic carbocycles. The maximum atomic E-state index is 13.5. The fourth-order valence-electron chi connectivity index (χ4n) is 1.37. The van der Waals surface area contributed by atoms with Crippen LogP contribution in [0.5, 0.6) is 0 Å². The molecule has 0 fully saturated rings. The summed E-state index contributed by atoms with van der Waals surface area (Å²) >= 11 is 0. The third-order valence-corrected chi connectivity index (χ3v) is 2.34. The van der Waals surface area contributed by atoms with Crippen LogP contribution in [-0.4, -0.2) is 24.9 Å². The van der Waals surface area contributed by atoms with Gasteiger partial charge in [-0.15, -0.1) is 0 Å². The van der Waals surface area contributed by atoms with Gasteiger partial charge in [-0.25, -0.2) is 4.39 Å². The van der Waals surface area contributed by atoms with Crippen molar-refractivity contribution in [1.29, 1.82) is 0 Å². The molecule has 0 saturated heterocycles. The molecule has 17 heavy (non-hydrogen) atoms. The summed E-state index contributed by atoms with van der Waals surface area (Å²) in [5.41, 5.74) is 0.474. The molecule has 0 aromatic heterocycles. The highest BCUT2D eigenvalue weighted by Gasteiger charge is 2.27. The smallest absolute Gasteiger partial charge is 0.390 e. The molecule has 1 aromatic rings. The van der Waals surface area contributed by atoms with Crippen LogP contribution in [0.4, 0.5) is 23.2 Å². The van der Waals surface area contributed by atoms with Crippen LogP contribution in [0.2, 0.25) is 0 Å². The van der Waals surface area contributed by atoms with E-state index in [-0.39, 0.29) is 18.8 Å². The van der Waals surface area contributed by atoms with Gasteiger partial charge < -0.3 is 10.0 Å². The SMILES string of the molecule is CN(CCC(F)(F)F)c1ccc(CO)cc1F. The molecule has 0 unspecified atom stereocenters. The molecule has 0 aliphatic rings. The van der Waals surface area contributed by atoms with Crippen molar-refractivity contribution < 1.29 is 22.7 Å². The van der Waals surface area contributed by atoms with E-state index in [1.165, 1.54) is 24.1 Å². The summed E-state index contributed by atoms with van der Waals surface area (Å²) in [6.45, 7) is -0.609. The third-order valence-electron chi connectivity index (χ3n) is 2.34. The van der Waals surface area contributed by atoms with E-state index in [1.54, 1.807) is 0 Å². The van der Waals surface area contributed by atoms with E-state index in [0.29, 0.717) is 5.56 Å². The van der Waals surface area contributed by atoms with Gasteiger partial charge in [0.2, 0.25) is 0 Å². The van der Waals surface area contributed by atoms with Gasteiger partial charge in [-0.1, -0.05) is 6.07 Å². The Bertz CT molecular complexity index is 378. The van der Waals surface area contributed by atoms with E-state index in [1.807, 2.05) is 0 Å². The molecule has 0 aliphatic heterocycles. The molecule has 2 nitrogen and oxygen atoms in total. The minimum atomic E-state index is -4.25. The van der Waals surface area contributed by atoms with Crippen LogP contribution >= 0.6 is 0 Å². The average Bonchev–Trinajstić information content (AvgIpc) is 2.24. The fourth-order valence-corrected chi connectivity index (χ4v) is 1.37. The van der Waals surface area contributed by atoms with Crippen molar-refractivity contribution in [3.8, 4) is 0 Å². The second-order valence-electron chi connectivity index (χ2n) is 3.73. The molecule has 0 radical (unpaired) electrons. The van der Waals surface area contributed by atoms with Crippen molar-refractivity contribution in [2.24, 2.45) is 0 Å². The van der Waals surface area contributed by atoms with E-state index < -0.39 is 18.4 Å². The van der Waals surface area contributed by atoms with Crippen molar-refractivity contribution >= 4 is 5.69 Å². The van der Waals surface area contributed by atoms with Crippen LogP contribution in [0.3, 0.4) is 0 Å². The lowest BCUT2D eigenvalue weighted by Crippen LogP contribution is -2.24. The largest absolute Gasteiger partial charge is 0.392 e. The first kappa shape index (κ1) is 13.8. The van der Waals surface area contributed by atoms with Crippen molar-refractivity contribution in [3.05, 3.63) is 29.6 Å². The topological polar surface area (TPSA) is 23.5 Å². The molecule has 0 amide bonds. The summed E-state index contributed by atoms with van der Waals surface area (Å²) in [6.07, 6.45) is -5.25. The number of nitrogens with zero attached hydrogens (tertiary/aromatic N) is 1. The van der Waals surface area contributed by atoms with Gasteiger partial charge in [-0.2, -0.15) is 13.2 Å². The summed E-state index contributed by atoms with van der Waals surface area (Å²) in [4.78, 5) is 1.20. The zero-order valence-corrected chi connectivity index (χ0v) is 9.26. The lowest BCUT2D eigenvalue weighted by molar-refractivity contribution is -0.132. The Balaban J connectivity index is 2.72. The van der Waals surface area contributed by atoms with Gasteiger partial charge in [0.05, 0.1) is 18.7 Å². The average molecular weight is 251 g/mol. The van der Waals surface area contributed by atoms with Crippen LogP contribution in [0.15, 0.2) is 18.2 Å².